The lowest BCUT2D eigenvalue weighted by Gasteiger charge is -2.25. The van der Waals surface area contributed by atoms with Crippen LogP contribution in [-0.2, 0) is 4.79 Å². The number of carbonyl (C=O) groups excluding carboxylic acids is 1. The van der Waals surface area contributed by atoms with Gasteiger partial charge < -0.3 is 15.6 Å². The number of hydrogen-bond donors (Lipinski definition) is 3. The highest BCUT2D eigenvalue weighted by Gasteiger charge is 2.27. The molecule has 0 unspecified atom stereocenters. The minimum Gasteiger partial charge on any atom is -0.356 e. The number of anilines is 1. The van der Waals surface area contributed by atoms with Crippen LogP contribution in [0, 0.1) is 5.82 Å². The Balaban J connectivity index is 0.00000261. The molecule has 0 atom stereocenters. The zero-order valence-electron chi connectivity index (χ0n) is 14.3. The normalized spacial score (nSPS) is 11.5. The Morgan fingerprint density at radius 2 is 2.19 bits per heavy atom. The first kappa shape index (κ1) is 17.7. The van der Waals surface area contributed by atoms with Crippen molar-refractivity contribution in [3.63, 3.8) is 0 Å². The monoisotopic (exact) mass is 366 g/mol. The van der Waals surface area contributed by atoms with E-state index in [4.69, 9.17) is 0 Å². The largest absolute Gasteiger partial charge is 0.356 e. The summed E-state index contributed by atoms with van der Waals surface area (Å²) in [6.07, 6.45) is 4.31. The number of aromatic nitrogens is 4. The molecule has 0 radical (unpaired) electrons. The van der Waals surface area contributed by atoms with Crippen LogP contribution in [-0.4, -0.2) is 44.6 Å². The maximum atomic E-state index is 13.5. The van der Waals surface area contributed by atoms with Gasteiger partial charge in [0.1, 0.15) is 29.5 Å². The summed E-state index contributed by atoms with van der Waals surface area (Å²) in [6, 6.07) is 2.97. The maximum absolute atomic E-state index is 13.5. The molecule has 1 amide bonds. The molecule has 0 saturated carbocycles. The van der Waals surface area contributed by atoms with E-state index in [1.165, 1.54) is 12.3 Å². The number of fused-ring (bicyclic) bond motifs is 1. The van der Waals surface area contributed by atoms with Crippen LogP contribution in [0.5, 0.6) is 0 Å². The molecule has 0 aliphatic carbocycles. The SMILES string of the molecule is CC(C)(Nc1ccnc(-c2c[nH]c3ncc(F)cc23)n1)C(=O)NCCF.[HH].[HH].[HH]. The third-order valence-corrected chi connectivity index (χ3v) is 3.78. The molecule has 7 nitrogen and oxygen atoms in total. The summed E-state index contributed by atoms with van der Waals surface area (Å²) >= 11 is 0. The van der Waals surface area contributed by atoms with E-state index in [2.05, 4.69) is 30.6 Å². The topological polar surface area (TPSA) is 95.6 Å². The molecule has 0 fully saturated rings. The van der Waals surface area contributed by atoms with Gasteiger partial charge in [-0.15, -0.1) is 0 Å². The van der Waals surface area contributed by atoms with E-state index in [1.54, 1.807) is 26.1 Å². The van der Waals surface area contributed by atoms with Gasteiger partial charge in [0.2, 0.25) is 5.91 Å². The standard InChI is InChI=1S/C17H18F2N6O.3H2/c1-17(2,16(26)21-6-4-18)25-13-3-5-20-15(24-13)12-9-23-14-11(12)7-10(19)8-22-14;;;/h3,5,7-9H,4,6H2,1-2H3,(H,21,26)(H,22,23)(H,20,24,25);3*1H. The molecule has 0 aliphatic rings. The molecule has 3 heterocycles. The smallest absolute Gasteiger partial charge is 0.245 e. The average molecular weight is 366 g/mol. The van der Waals surface area contributed by atoms with E-state index in [1.807, 2.05) is 0 Å². The molecule has 3 N–H and O–H groups in total. The van der Waals surface area contributed by atoms with E-state index in [0.717, 1.165) is 6.20 Å². The zero-order chi connectivity index (χ0) is 18.7. The Morgan fingerprint density at radius 1 is 1.38 bits per heavy atom. The van der Waals surface area contributed by atoms with Crippen molar-refractivity contribution in [3.05, 3.63) is 36.5 Å². The van der Waals surface area contributed by atoms with Crippen LogP contribution in [0.1, 0.15) is 18.1 Å². The first-order valence-corrected chi connectivity index (χ1v) is 7.99. The van der Waals surface area contributed by atoms with Gasteiger partial charge in [0.05, 0.1) is 6.20 Å². The Labute approximate surface area is 152 Å². The van der Waals surface area contributed by atoms with Crippen LogP contribution in [0.25, 0.3) is 22.4 Å². The van der Waals surface area contributed by atoms with Crippen LogP contribution in [0.15, 0.2) is 30.7 Å². The minimum absolute atomic E-state index is 0. The lowest BCUT2D eigenvalue weighted by Crippen LogP contribution is -2.48. The first-order chi connectivity index (χ1) is 12.4. The number of nitrogens with zero attached hydrogens (tertiary/aromatic N) is 3. The van der Waals surface area contributed by atoms with E-state index in [9.17, 15) is 13.6 Å². The van der Waals surface area contributed by atoms with Crippen molar-refractivity contribution in [2.75, 3.05) is 18.5 Å². The van der Waals surface area contributed by atoms with E-state index >= 15 is 0 Å². The third-order valence-electron chi connectivity index (χ3n) is 3.78. The quantitative estimate of drug-likeness (QED) is 0.623. The fourth-order valence-corrected chi connectivity index (χ4v) is 2.48. The third kappa shape index (κ3) is 3.61. The number of pyridine rings is 1. The summed E-state index contributed by atoms with van der Waals surface area (Å²) in [7, 11) is 0. The van der Waals surface area contributed by atoms with E-state index in [0.29, 0.717) is 28.2 Å². The van der Waals surface area contributed by atoms with Gasteiger partial charge in [-0.2, -0.15) is 0 Å². The Kier molecular flexibility index (Phi) is 4.79. The maximum Gasteiger partial charge on any atom is 0.245 e. The molecule has 142 valence electrons. The molecule has 0 spiro atoms. The second-order valence-corrected chi connectivity index (χ2v) is 6.21. The number of rotatable bonds is 6. The summed E-state index contributed by atoms with van der Waals surface area (Å²) in [5.41, 5.74) is 0.110. The fourth-order valence-electron chi connectivity index (χ4n) is 2.48. The number of aromatic amines is 1. The minimum atomic E-state index is -1.01. The van der Waals surface area contributed by atoms with Crippen molar-refractivity contribution < 1.29 is 17.9 Å². The van der Waals surface area contributed by atoms with Gasteiger partial charge in [0.15, 0.2) is 5.82 Å². The van der Waals surface area contributed by atoms with Crippen molar-refractivity contribution in [3.8, 4) is 11.4 Å². The van der Waals surface area contributed by atoms with Gasteiger partial charge in [-0.3, -0.25) is 4.79 Å². The molecule has 0 aliphatic heterocycles. The second-order valence-electron chi connectivity index (χ2n) is 6.21. The summed E-state index contributed by atoms with van der Waals surface area (Å²) in [4.78, 5) is 27.6. The van der Waals surface area contributed by atoms with Crippen molar-refractivity contribution in [1.82, 2.24) is 25.3 Å². The van der Waals surface area contributed by atoms with Gasteiger partial charge in [-0.25, -0.2) is 23.7 Å². The fraction of sp³-hybridized carbons (Fsp3) is 0.294. The summed E-state index contributed by atoms with van der Waals surface area (Å²) < 4.78 is 25.7. The molecule has 26 heavy (non-hydrogen) atoms. The van der Waals surface area contributed by atoms with E-state index < -0.39 is 18.0 Å². The lowest BCUT2D eigenvalue weighted by molar-refractivity contribution is -0.124. The Hall–Kier alpha value is -3.10. The highest BCUT2D eigenvalue weighted by atomic mass is 19.1. The summed E-state index contributed by atoms with van der Waals surface area (Å²) in [5, 5.41) is 6.05. The predicted molar refractivity (Wildman–Crippen MR) is 100 cm³/mol. The molecule has 3 aromatic rings. The second kappa shape index (κ2) is 7.03. The van der Waals surface area contributed by atoms with Crippen LogP contribution in [0.3, 0.4) is 0 Å². The molecule has 0 saturated heterocycles. The number of H-pyrrole nitrogens is 1. The lowest BCUT2D eigenvalue weighted by atomic mass is 10.0. The number of carbonyl (C=O) groups is 1. The molecule has 3 aromatic heterocycles. The highest BCUT2D eigenvalue weighted by Crippen LogP contribution is 2.26. The average Bonchev–Trinajstić information content (AvgIpc) is 3.02. The molecule has 0 aromatic carbocycles. The van der Waals surface area contributed by atoms with Crippen molar-refractivity contribution >= 4 is 22.8 Å². The molecule has 9 heteroatoms. The van der Waals surface area contributed by atoms with Crippen molar-refractivity contribution in [2.45, 2.75) is 19.4 Å². The number of halogens is 2. The van der Waals surface area contributed by atoms with Gasteiger partial charge in [-0.05, 0) is 26.0 Å². The molecule has 3 rings (SSSR count). The van der Waals surface area contributed by atoms with E-state index in [-0.39, 0.29) is 16.7 Å². The molecular formula is C17H24F2N6O. The number of amides is 1. The van der Waals surface area contributed by atoms with Crippen molar-refractivity contribution in [1.29, 1.82) is 0 Å². The number of hydrogen-bond acceptors (Lipinski definition) is 5. The van der Waals surface area contributed by atoms with Crippen LogP contribution >= 0.6 is 0 Å². The van der Waals surface area contributed by atoms with Crippen LogP contribution in [0.4, 0.5) is 14.6 Å². The van der Waals surface area contributed by atoms with Crippen LogP contribution in [0.2, 0.25) is 0 Å². The molecular weight excluding hydrogens is 342 g/mol. The number of nitrogens with one attached hydrogen (secondary N) is 3. The van der Waals surface area contributed by atoms with Crippen molar-refractivity contribution in [2.24, 2.45) is 0 Å². The predicted octanol–water partition coefficient (Wildman–Crippen LogP) is 3.17. The van der Waals surface area contributed by atoms with Gasteiger partial charge in [-0.1, -0.05) is 0 Å². The van der Waals surface area contributed by atoms with Gasteiger partial charge in [0.25, 0.3) is 0 Å². The summed E-state index contributed by atoms with van der Waals surface area (Å²) in [6.45, 7) is 2.64. The van der Waals surface area contributed by atoms with Crippen LogP contribution < -0.4 is 10.6 Å². The Bertz CT molecular complexity index is 954. The number of alkyl halides is 1. The van der Waals surface area contributed by atoms with Gasteiger partial charge >= 0.3 is 0 Å². The molecule has 0 bridgehead atoms. The highest BCUT2D eigenvalue weighted by molar-refractivity contribution is 5.92. The Morgan fingerprint density at radius 3 is 2.96 bits per heavy atom. The summed E-state index contributed by atoms with van der Waals surface area (Å²) in [5.74, 6) is -0.0466. The van der Waals surface area contributed by atoms with Gasteiger partial charge in [0, 0.05) is 34.2 Å². The first-order valence-electron chi connectivity index (χ1n) is 7.99. The zero-order valence-corrected chi connectivity index (χ0v) is 14.3.